The van der Waals surface area contributed by atoms with Crippen molar-refractivity contribution in [1.82, 2.24) is 4.90 Å². The molecule has 7 heteroatoms. The van der Waals surface area contributed by atoms with E-state index in [4.69, 9.17) is 16.3 Å². The number of ether oxygens (including phenoxy) is 1. The summed E-state index contributed by atoms with van der Waals surface area (Å²) in [4.78, 5) is 26.5. The zero-order valence-corrected chi connectivity index (χ0v) is 15.8. The van der Waals surface area contributed by atoms with Crippen LogP contribution in [0.25, 0.3) is 0 Å². The minimum Gasteiger partial charge on any atom is -0.497 e. The van der Waals surface area contributed by atoms with Gasteiger partial charge in [-0.3, -0.25) is 4.79 Å². The van der Waals surface area contributed by atoms with Crippen LogP contribution in [0.2, 0.25) is 5.02 Å². The average Bonchev–Trinajstić information content (AvgIpc) is 2.70. The average molecular weight is 388 g/mol. The Morgan fingerprint density at radius 1 is 0.963 bits per heavy atom. The van der Waals surface area contributed by atoms with Crippen molar-refractivity contribution in [2.45, 2.75) is 12.8 Å². The molecule has 0 aromatic heterocycles. The van der Waals surface area contributed by atoms with E-state index in [1.807, 2.05) is 12.1 Å². The fourth-order valence-electron chi connectivity index (χ4n) is 3.00. The van der Waals surface area contributed by atoms with Crippen molar-refractivity contribution in [3.8, 4) is 5.75 Å². The van der Waals surface area contributed by atoms with Gasteiger partial charge in [-0.1, -0.05) is 11.6 Å². The molecular formula is C20H22ClN3O3. The summed E-state index contributed by atoms with van der Waals surface area (Å²) in [5.74, 6) is 0.623. The van der Waals surface area contributed by atoms with Crippen LogP contribution in [-0.2, 0) is 4.79 Å². The molecule has 1 fully saturated rings. The maximum atomic E-state index is 12.4. The number of anilines is 2. The van der Waals surface area contributed by atoms with Gasteiger partial charge in [0, 0.05) is 35.4 Å². The van der Waals surface area contributed by atoms with Gasteiger partial charge in [0.25, 0.3) is 0 Å². The second kappa shape index (κ2) is 8.77. The molecule has 2 N–H and O–H groups in total. The van der Waals surface area contributed by atoms with Crippen LogP contribution in [0, 0.1) is 5.92 Å². The van der Waals surface area contributed by atoms with Crippen molar-refractivity contribution in [2.75, 3.05) is 30.8 Å². The van der Waals surface area contributed by atoms with E-state index in [2.05, 4.69) is 10.6 Å². The third kappa shape index (κ3) is 5.14. The summed E-state index contributed by atoms with van der Waals surface area (Å²) >= 11 is 5.85. The number of methoxy groups -OCH3 is 1. The van der Waals surface area contributed by atoms with Crippen LogP contribution in [-0.4, -0.2) is 37.0 Å². The van der Waals surface area contributed by atoms with Gasteiger partial charge in [-0.15, -0.1) is 0 Å². The number of rotatable bonds is 4. The van der Waals surface area contributed by atoms with E-state index in [0.717, 1.165) is 11.4 Å². The smallest absolute Gasteiger partial charge is 0.321 e. The Morgan fingerprint density at radius 2 is 1.52 bits per heavy atom. The lowest BCUT2D eigenvalue weighted by atomic mass is 9.96. The number of urea groups is 1. The monoisotopic (exact) mass is 387 g/mol. The fraction of sp³-hybridized carbons (Fsp3) is 0.300. The molecule has 0 spiro atoms. The van der Waals surface area contributed by atoms with E-state index >= 15 is 0 Å². The standard InChI is InChI=1S/C20H22ClN3O3/c1-27-18-8-6-16(7-9-18)22-19(25)14-10-12-24(13-11-14)20(26)23-17-4-2-15(21)3-5-17/h2-9,14H,10-13H2,1H3,(H,22,25)(H,23,26). The van der Waals surface area contributed by atoms with Gasteiger partial charge < -0.3 is 20.3 Å². The molecule has 1 heterocycles. The lowest BCUT2D eigenvalue weighted by molar-refractivity contribution is -0.121. The predicted octanol–water partition coefficient (Wildman–Crippen LogP) is 4.23. The molecule has 3 amide bonds. The second-order valence-corrected chi connectivity index (χ2v) is 6.85. The number of likely N-dealkylation sites (tertiary alicyclic amines) is 1. The van der Waals surface area contributed by atoms with Crippen LogP contribution >= 0.6 is 11.6 Å². The fourth-order valence-corrected chi connectivity index (χ4v) is 3.13. The largest absolute Gasteiger partial charge is 0.497 e. The molecule has 2 aromatic carbocycles. The molecule has 27 heavy (non-hydrogen) atoms. The number of hydrogen-bond acceptors (Lipinski definition) is 3. The first-order valence-electron chi connectivity index (χ1n) is 8.81. The number of hydrogen-bond donors (Lipinski definition) is 2. The lowest BCUT2D eigenvalue weighted by Gasteiger charge is -2.31. The molecule has 0 radical (unpaired) electrons. The van der Waals surface area contributed by atoms with Crippen molar-refractivity contribution in [3.63, 3.8) is 0 Å². The van der Waals surface area contributed by atoms with Gasteiger partial charge in [0.2, 0.25) is 5.91 Å². The van der Waals surface area contributed by atoms with Crippen molar-refractivity contribution < 1.29 is 14.3 Å². The minimum atomic E-state index is -0.161. The van der Waals surface area contributed by atoms with E-state index in [1.165, 1.54) is 0 Å². The van der Waals surface area contributed by atoms with Crippen LogP contribution < -0.4 is 15.4 Å². The number of carbonyl (C=O) groups excluding carboxylic acids is 2. The van der Waals surface area contributed by atoms with Gasteiger partial charge in [-0.25, -0.2) is 4.79 Å². The first-order valence-corrected chi connectivity index (χ1v) is 9.19. The summed E-state index contributed by atoms with van der Waals surface area (Å²) in [7, 11) is 1.60. The summed E-state index contributed by atoms with van der Waals surface area (Å²) < 4.78 is 5.11. The Bertz CT molecular complexity index is 785. The number of benzene rings is 2. The topological polar surface area (TPSA) is 70.7 Å². The third-order valence-electron chi connectivity index (χ3n) is 4.61. The predicted molar refractivity (Wildman–Crippen MR) is 106 cm³/mol. The molecule has 0 atom stereocenters. The van der Waals surface area contributed by atoms with Crippen LogP contribution in [0.4, 0.5) is 16.2 Å². The normalized spacial score (nSPS) is 14.5. The second-order valence-electron chi connectivity index (χ2n) is 6.42. The molecule has 142 valence electrons. The summed E-state index contributed by atoms with van der Waals surface area (Å²) in [6.07, 6.45) is 1.27. The number of amides is 3. The third-order valence-corrected chi connectivity index (χ3v) is 4.86. The maximum Gasteiger partial charge on any atom is 0.321 e. The van der Waals surface area contributed by atoms with E-state index in [1.54, 1.807) is 48.4 Å². The molecule has 3 rings (SSSR count). The molecule has 1 aliphatic rings. The molecule has 0 aliphatic carbocycles. The molecule has 0 bridgehead atoms. The number of nitrogens with zero attached hydrogens (tertiary/aromatic N) is 1. The van der Waals surface area contributed by atoms with Crippen LogP contribution in [0.1, 0.15) is 12.8 Å². The van der Waals surface area contributed by atoms with Crippen LogP contribution in [0.15, 0.2) is 48.5 Å². The maximum absolute atomic E-state index is 12.4. The van der Waals surface area contributed by atoms with Gasteiger partial charge in [-0.05, 0) is 61.4 Å². The first kappa shape index (κ1) is 19.0. The zero-order valence-electron chi connectivity index (χ0n) is 15.1. The SMILES string of the molecule is COc1ccc(NC(=O)C2CCN(C(=O)Nc3ccc(Cl)cc3)CC2)cc1. The Morgan fingerprint density at radius 3 is 2.11 bits per heavy atom. The molecule has 2 aromatic rings. The highest BCUT2D eigenvalue weighted by molar-refractivity contribution is 6.30. The number of halogens is 1. The molecule has 1 saturated heterocycles. The van der Waals surface area contributed by atoms with Gasteiger partial charge >= 0.3 is 6.03 Å². The van der Waals surface area contributed by atoms with E-state index in [9.17, 15) is 9.59 Å². The highest BCUT2D eigenvalue weighted by Gasteiger charge is 2.27. The van der Waals surface area contributed by atoms with E-state index in [0.29, 0.717) is 36.6 Å². The molecule has 0 saturated carbocycles. The summed E-state index contributed by atoms with van der Waals surface area (Å²) in [6.45, 7) is 1.08. The minimum absolute atomic E-state index is 0.0158. The molecule has 1 aliphatic heterocycles. The summed E-state index contributed by atoms with van der Waals surface area (Å²) in [5.41, 5.74) is 1.44. The van der Waals surface area contributed by atoms with Crippen molar-refractivity contribution in [3.05, 3.63) is 53.6 Å². The highest BCUT2D eigenvalue weighted by atomic mass is 35.5. The van der Waals surface area contributed by atoms with Crippen molar-refractivity contribution >= 4 is 34.9 Å². The van der Waals surface area contributed by atoms with Crippen LogP contribution in [0.5, 0.6) is 5.75 Å². The Labute approximate surface area is 163 Å². The molecule has 0 unspecified atom stereocenters. The Kier molecular flexibility index (Phi) is 6.19. The van der Waals surface area contributed by atoms with Crippen molar-refractivity contribution in [2.24, 2.45) is 5.92 Å². The van der Waals surface area contributed by atoms with Gasteiger partial charge in [0.15, 0.2) is 0 Å². The van der Waals surface area contributed by atoms with E-state index < -0.39 is 0 Å². The van der Waals surface area contributed by atoms with Gasteiger partial charge in [-0.2, -0.15) is 0 Å². The van der Waals surface area contributed by atoms with E-state index in [-0.39, 0.29) is 17.9 Å². The summed E-state index contributed by atoms with van der Waals surface area (Å²) in [5, 5.41) is 6.40. The Hall–Kier alpha value is -2.73. The molecule has 6 nitrogen and oxygen atoms in total. The molecular weight excluding hydrogens is 366 g/mol. The zero-order chi connectivity index (χ0) is 19.2. The Balaban J connectivity index is 1.47. The highest BCUT2D eigenvalue weighted by Crippen LogP contribution is 2.22. The first-order chi connectivity index (χ1) is 13.0. The van der Waals surface area contributed by atoms with Gasteiger partial charge in [0.1, 0.15) is 5.75 Å². The quantitative estimate of drug-likeness (QED) is 0.824. The lowest BCUT2D eigenvalue weighted by Crippen LogP contribution is -2.43. The van der Waals surface area contributed by atoms with Crippen molar-refractivity contribution in [1.29, 1.82) is 0 Å². The number of piperidine rings is 1. The van der Waals surface area contributed by atoms with Crippen LogP contribution in [0.3, 0.4) is 0 Å². The number of nitrogens with one attached hydrogen (secondary N) is 2. The summed E-state index contributed by atoms with van der Waals surface area (Å²) in [6, 6.07) is 14.0. The number of carbonyl (C=O) groups is 2. The van der Waals surface area contributed by atoms with Gasteiger partial charge in [0.05, 0.1) is 7.11 Å².